The molecule has 3 N–H and O–H groups in total. The van der Waals surface area contributed by atoms with Crippen LogP contribution in [0.15, 0.2) is 46.1 Å². The molecule has 0 saturated heterocycles. The highest BCUT2D eigenvalue weighted by Gasteiger charge is 2.14. The number of benzene rings is 2. The predicted octanol–water partition coefficient (Wildman–Crippen LogP) is 1.58. The highest BCUT2D eigenvalue weighted by molar-refractivity contribution is 7.85. The fourth-order valence-electron chi connectivity index (χ4n) is 2.29. The summed E-state index contributed by atoms with van der Waals surface area (Å²) in [7, 11) is -4.40. The average Bonchev–Trinajstić information content (AvgIpc) is 2.76. The number of aromatic nitrogens is 2. The molecule has 3 rings (SSSR count). The molecule has 114 valence electrons. The van der Waals surface area contributed by atoms with Gasteiger partial charge in [-0.1, -0.05) is 6.07 Å². The first kappa shape index (κ1) is 14.4. The summed E-state index contributed by atoms with van der Waals surface area (Å²) in [6.45, 7) is 1.74. The number of H-pyrrole nitrogens is 1. The molecular weight excluding hydrogens is 308 g/mol. The van der Waals surface area contributed by atoms with Gasteiger partial charge in [0.1, 0.15) is 5.75 Å². The number of aromatic hydroxyl groups is 1. The van der Waals surface area contributed by atoms with Crippen LogP contribution >= 0.6 is 0 Å². The van der Waals surface area contributed by atoms with Crippen molar-refractivity contribution in [3.8, 4) is 11.4 Å². The number of fused-ring (bicyclic) bond motifs is 1. The van der Waals surface area contributed by atoms with Crippen LogP contribution in [0.1, 0.15) is 5.69 Å². The molecular formula is C14H12N2O5S. The Bertz CT molecular complexity index is 1050. The predicted molar refractivity (Wildman–Crippen MR) is 80.1 cm³/mol. The molecule has 0 unspecified atom stereocenters. The number of aryl methyl sites for hydroxylation is 1. The first-order valence-corrected chi connectivity index (χ1v) is 7.73. The molecule has 3 aromatic rings. The number of hydrogen-bond donors (Lipinski definition) is 3. The van der Waals surface area contributed by atoms with Crippen molar-refractivity contribution in [2.24, 2.45) is 0 Å². The molecule has 0 fully saturated rings. The third-order valence-electron chi connectivity index (χ3n) is 3.29. The highest BCUT2D eigenvalue weighted by atomic mass is 32.2. The maximum absolute atomic E-state index is 11.8. The normalized spacial score (nSPS) is 11.9. The summed E-state index contributed by atoms with van der Waals surface area (Å²) >= 11 is 0. The molecule has 0 atom stereocenters. The fraction of sp³-hybridized carbons (Fsp3) is 0.0714. The number of phenols is 1. The first-order chi connectivity index (χ1) is 10.3. The van der Waals surface area contributed by atoms with Gasteiger partial charge in [0.15, 0.2) is 0 Å². The van der Waals surface area contributed by atoms with Crippen LogP contribution in [0.2, 0.25) is 0 Å². The number of nitrogens with zero attached hydrogens (tertiary/aromatic N) is 1. The lowest BCUT2D eigenvalue weighted by Gasteiger charge is -2.07. The van der Waals surface area contributed by atoms with Gasteiger partial charge in [-0.05, 0) is 30.5 Å². The highest BCUT2D eigenvalue weighted by Crippen LogP contribution is 2.30. The van der Waals surface area contributed by atoms with Gasteiger partial charge < -0.3 is 5.11 Å². The Labute approximate surface area is 125 Å². The lowest BCUT2D eigenvalue weighted by Crippen LogP contribution is -2.13. The van der Waals surface area contributed by atoms with E-state index in [1.165, 1.54) is 16.8 Å². The Hall–Kier alpha value is -2.58. The lowest BCUT2D eigenvalue weighted by atomic mass is 10.1. The molecule has 1 aromatic heterocycles. The quantitative estimate of drug-likeness (QED) is 0.621. The Morgan fingerprint density at radius 3 is 2.45 bits per heavy atom. The maximum atomic E-state index is 11.8. The second-order valence-electron chi connectivity index (χ2n) is 4.94. The van der Waals surface area contributed by atoms with E-state index in [1.807, 2.05) is 0 Å². The summed E-state index contributed by atoms with van der Waals surface area (Å²) in [6.07, 6.45) is 0. The van der Waals surface area contributed by atoms with Crippen LogP contribution in [0.5, 0.6) is 5.75 Å². The molecule has 1 heterocycles. The van der Waals surface area contributed by atoms with E-state index in [2.05, 4.69) is 5.10 Å². The van der Waals surface area contributed by atoms with E-state index < -0.39 is 15.0 Å². The third-order valence-corrected chi connectivity index (χ3v) is 4.13. The van der Waals surface area contributed by atoms with Crippen LogP contribution < -0.4 is 5.56 Å². The van der Waals surface area contributed by atoms with Crippen molar-refractivity contribution < 1.29 is 18.1 Å². The zero-order chi connectivity index (χ0) is 16.1. The second kappa shape index (κ2) is 4.72. The number of nitrogens with one attached hydrogen (secondary N) is 1. The number of aromatic amines is 1. The van der Waals surface area contributed by atoms with Crippen molar-refractivity contribution in [1.29, 1.82) is 0 Å². The summed E-state index contributed by atoms with van der Waals surface area (Å²) in [5.41, 5.74) is 0.947. The fourth-order valence-corrected chi connectivity index (χ4v) is 2.83. The van der Waals surface area contributed by atoms with Crippen molar-refractivity contribution >= 4 is 20.9 Å². The minimum absolute atomic E-state index is 0.245. The van der Waals surface area contributed by atoms with E-state index in [0.717, 1.165) is 6.07 Å². The van der Waals surface area contributed by atoms with Gasteiger partial charge in [-0.3, -0.25) is 14.4 Å². The van der Waals surface area contributed by atoms with Crippen LogP contribution in [0.4, 0.5) is 0 Å². The van der Waals surface area contributed by atoms with Crippen LogP contribution in [0.3, 0.4) is 0 Å². The summed E-state index contributed by atoms with van der Waals surface area (Å²) in [5.74, 6) is -0.302. The summed E-state index contributed by atoms with van der Waals surface area (Å²) in [6, 6.07) is 8.36. The summed E-state index contributed by atoms with van der Waals surface area (Å²) in [4.78, 5) is 11.4. The second-order valence-corrected chi connectivity index (χ2v) is 6.36. The van der Waals surface area contributed by atoms with Gasteiger partial charge >= 0.3 is 0 Å². The van der Waals surface area contributed by atoms with Crippen LogP contribution in [0.25, 0.3) is 16.5 Å². The van der Waals surface area contributed by atoms with Crippen LogP contribution in [0, 0.1) is 6.92 Å². The minimum atomic E-state index is -4.40. The molecule has 22 heavy (non-hydrogen) atoms. The largest absolute Gasteiger partial charge is 0.507 e. The van der Waals surface area contributed by atoms with E-state index in [-0.39, 0.29) is 11.3 Å². The standard InChI is InChI=1S/C14H12N2O5S/c1-8-4-14(18)16(15-8)10-3-2-9-5-11(22(19,20)21)7-13(17)12(9)6-10/h2-7,15,17H,1H3,(H,19,20,21). The molecule has 0 bridgehead atoms. The van der Waals surface area contributed by atoms with Crippen molar-refractivity contribution in [2.75, 3.05) is 0 Å². The van der Waals surface area contributed by atoms with E-state index >= 15 is 0 Å². The van der Waals surface area contributed by atoms with Crippen molar-refractivity contribution in [2.45, 2.75) is 11.8 Å². The molecule has 0 spiro atoms. The molecule has 0 aliphatic rings. The van der Waals surface area contributed by atoms with Crippen LogP contribution in [-0.4, -0.2) is 27.9 Å². The zero-order valence-corrected chi connectivity index (χ0v) is 12.3. The Balaban J connectivity index is 2.26. The molecule has 0 aliphatic heterocycles. The Morgan fingerprint density at radius 2 is 1.86 bits per heavy atom. The molecule has 0 aliphatic carbocycles. The zero-order valence-electron chi connectivity index (χ0n) is 11.4. The van der Waals surface area contributed by atoms with Gasteiger partial charge in [0.25, 0.3) is 15.7 Å². The smallest absolute Gasteiger partial charge is 0.294 e. The number of rotatable bonds is 2. The SMILES string of the molecule is Cc1cc(=O)n(-c2ccc3cc(S(=O)(=O)O)cc(O)c3c2)[nH]1. The summed E-state index contributed by atoms with van der Waals surface area (Å²) < 4.78 is 32.7. The molecule has 0 amide bonds. The van der Waals surface area contributed by atoms with E-state index in [1.54, 1.807) is 25.1 Å². The Morgan fingerprint density at radius 1 is 1.14 bits per heavy atom. The topological polar surface area (TPSA) is 112 Å². The van der Waals surface area contributed by atoms with Gasteiger partial charge in [0.2, 0.25) is 0 Å². The van der Waals surface area contributed by atoms with Gasteiger partial charge in [-0.25, -0.2) is 4.68 Å². The average molecular weight is 320 g/mol. The van der Waals surface area contributed by atoms with Gasteiger partial charge in [-0.2, -0.15) is 8.42 Å². The number of hydrogen-bond acceptors (Lipinski definition) is 4. The van der Waals surface area contributed by atoms with E-state index in [0.29, 0.717) is 22.2 Å². The van der Waals surface area contributed by atoms with Gasteiger partial charge in [0, 0.05) is 23.2 Å². The number of phenolic OH excluding ortho intramolecular Hbond substituents is 1. The first-order valence-electron chi connectivity index (χ1n) is 6.29. The van der Waals surface area contributed by atoms with Gasteiger partial charge in [-0.15, -0.1) is 0 Å². The van der Waals surface area contributed by atoms with Crippen molar-refractivity contribution in [3.63, 3.8) is 0 Å². The molecule has 2 aromatic carbocycles. The van der Waals surface area contributed by atoms with Crippen molar-refractivity contribution in [3.05, 3.63) is 52.4 Å². The van der Waals surface area contributed by atoms with E-state index in [4.69, 9.17) is 4.55 Å². The molecule has 8 heteroatoms. The monoisotopic (exact) mass is 320 g/mol. The lowest BCUT2D eigenvalue weighted by molar-refractivity contribution is 0.471. The molecule has 0 saturated carbocycles. The molecule has 0 radical (unpaired) electrons. The van der Waals surface area contributed by atoms with E-state index in [9.17, 15) is 18.3 Å². The third kappa shape index (κ3) is 2.38. The Kier molecular flexibility index (Phi) is 3.08. The summed E-state index contributed by atoms with van der Waals surface area (Å²) in [5, 5.41) is 13.6. The van der Waals surface area contributed by atoms with Crippen molar-refractivity contribution in [1.82, 2.24) is 9.78 Å². The minimum Gasteiger partial charge on any atom is -0.507 e. The van der Waals surface area contributed by atoms with Gasteiger partial charge in [0.05, 0.1) is 10.6 Å². The molecule has 7 nitrogen and oxygen atoms in total. The van der Waals surface area contributed by atoms with Crippen LogP contribution in [-0.2, 0) is 10.1 Å². The maximum Gasteiger partial charge on any atom is 0.294 e.